The molecule has 4 rings (SSSR count). The SMILES string of the molecule is [C-]#[N+]/C(C(=O)OCC)=C1/CC[C@H]2[C@@H]3CC[C@@H]4C[C@](C)(O)CC[C@@H]4[C@H]3CC[C@]12C. The Morgan fingerprint density at radius 1 is 1.14 bits per heavy atom. The summed E-state index contributed by atoms with van der Waals surface area (Å²) in [5, 5.41) is 10.5. The quantitative estimate of drug-likeness (QED) is 0.407. The zero-order chi connectivity index (χ0) is 20.1. The summed E-state index contributed by atoms with van der Waals surface area (Å²) in [6.07, 6.45) is 9.85. The maximum atomic E-state index is 12.4. The lowest BCUT2D eigenvalue weighted by atomic mass is 9.49. The number of hydrogen-bond donors (Lipinski definition) is 1. The summed E-state index contributed by atoms with van der Waals surface area (Å²) in [5.74, 6) is 3.11. The van der Waals surface area contributed by atoms with E-state index in [1.165, 1.54) is 25.7 Å². The van der Waals surface area contributed by atoms with Gasteiger partial charge in [-0.05, 0) is 107 Å². The number of ether oxygens (including phenoxy) is 1. The number of carbonyl (C=O) groups is 1. The van der Waals surface area contributed by atoms with Crippen LogP contribution in [-0.4, -0.2) is 23.3 Å². The van der Waals surface area contributed by atoms with Crippen LogP contribution in [0.25, 0.3) is 4.85 Å². The van der Waals surface area contributed by atoms with Crippen LogP contribution in [0.2, 0.25) is 0 Å². The highest BCUT2D eigenvalue weighted by Gasteiger charge is 2.56. The van der Waals surface area contributed by atoms with Crippen molar-refractivity contribution in [2.45, 2.75) is 84.2 Å². The minimum Gasteiger partial charge on any atom is -0.471 e. The Bertz CT molecular complexity index is 718. The Kier molecular flexibility index (Phi) is 5.11. The van der Waals surface area contributed by atoms with Crippen LogP contribution in [0.1, 0.15) is 78.6 Å². The van der Waals surface area contributed by atoms with Crippen molar-refractivity contribution >= 4 is 5.97 Å². The molecule has 28 heavy (non-hydrogen) atoms. The van der Waals surface area contributed by atoms with Gasteiger partial charge in [-0.25, -0.2) is 4.85 Å². The average Bonchev–Trinajstić information content (AvgIpc) is 2.99. The van der Waals surface area contributed by atoms with Gasteiger partial charge in [0.15, 0.2) is 0 Å². The van der Waals surface area contributed by atoms with E-state index < -0.39 is 11.6 Å². The fraction of sp³-hybridized carbons (Fsp3) is 0.833. The molecule has 0 saturated heterocycles. The van der Waals surface area contributed by atoms with Gasteiger partial charge in [0.25, 0.3) is 5.70 Å². The fourth-order valence-corrected chi connectivity index (χ4v) is 7.72. The molecule has 4 aliphatic carbocycles. The number of carbonyl (C=O) groups excluding carboxylic acids is 1. The predicted octanol–water partition coefficient (Wildman–Crippen LogP) is 5.13. The summed E-state index contributed by atoms with van der Waals surface area (Å²) in [4.78, 5) is 16.0. The van der Waals surface area contributed by atoms with Crippen LogP contribution in [0.3, 0.4) is 0 Å². The van der Waals surface area contributed by atoms with E-state index in [9.17, 15) is 9.90 Å². The summed E-state index contributed by atoms with van der Waals surface area (Å²) < 4.78 is 5.19. The van der Waals surface area contributed by atoms with Crippen LogP contribution in [0.15, 0.2) is 11.3 Å². The van der Waals surface area contributed by atoms with Crippen molar-refractivity contribution in [1.29, 1.82) is 0 Å². The van der Waals surface area contributed by atoms with E-state index in [1.807, 2.05) is 6.92 Å². The zero-order valence-corrected chi connectivity index (χ0v) is 17.7. The molecule has 0 amide bonds. The molecule has 0 bridgehead atoms. The standard InChI is InChI=1S/C24H35NO3/c1-5-28-22(26)21(25-4)20-9-8-19-18-7-6-15-14-23(2,27)12-10-16(15)17(18)11-13-24(19,20)3/h15-19,27H,5-14H2,1-3H3/b21-20-/t15-,16+,17-,18-,19+,23-,24+/m1/s1. The fourth-order valence-electron chi connectivity index (χ4n) is 7.72. The van der Waals surface area contributed by atoms with Crippen LogP contribution in [0.5, 0.6) is 0 Å². The number of rotatable bonds is 2. The third kappa shape index (κ3) is 3.11. The molecule has 1 N–H and O–H groups in total. The molecule has 0 aliphatic heterocycles. The minimum atomic E-state index is -0.468. The number of allylic oxidation sites excluding steroid dienone is 1. The van der Waals surface area contributed by atoms with Crippen LogP contribution < -0.4 is 0 Å². The average molecular weight is 386 g/mol. The highest BCUT2D eigenvalue weighted by Crippen LogP contribution is 2.65. The minimum absolute atomic E-state index is 0.0131. The second kappa shape index (κ2) is 7.17. The van der Waals surface area contributed by atoms with Crippen molar-refractivity contribution in [2.75, 3.05) is 6.61 Å². The summed E-state index contributed by atoms with van der Waals surface area (Å²) in [7, 11) is 0. The molecular weight excluding hydrogens is 350 g/mol. The molecular formula is C24H35NO3. The van der Waals surface area contributed by atoms with Gasteiger partial charge in [0.1, 0.15) is 0 Å². The largest absolute Gasteiger partial charge is 0.471 e. The molecule has 0 spiro atoms. The second-order valence-electron chi connectivity index (χ2n) is 10.3. The predicted molar refractivity (Wildman–Crippen MR) is 108 cm³/mol. The molecule has 0 aromatic heterocycles. The smallest absolute Gasteiger partial charge is 0.336 e. The van der Waals surface area contributed by atoms with Gasteiger partial charge >= 0.3 is 5.97 Å². The van der Waals surface area contributed by atoms with Crippen molar-refractivity contribution in [3.8, 4) is 0 Å². The maximum absolute atomic E-state index is 12.4. The summed E-state index contributed by atoms with van der Waals surface area (Å²) in [5.41, 5.74) is 0.872. The first-order valence-electron chi connectivity index (χ1n) is 11.3. The monoisotopic (exact) mass is 385 g/mol. The Morgan fingerprint density at radius 3 is 2.61 bits per heavy atom. The summed E-state index contributed by atoms with van der Waals surface area (Å²) in [6.45, 7) is 14.1. The van der Waals surface area contributed by atoms with Crippen molar-refractivity contribution in [3.05, 3.63) is 22.7 Å². The first kappa shape index (κ1) is 20.0. The molecule has 0 aromatic rings. The normalized spacial score (nSPS) is 46.6. The molecule has 0 unspecified atom stereocenters. The van der Waals surface area contributed by atoms with E-state index in [-0.39, 0.29) is 11.1 Å². The van der Waals surface area contributed by atoms with Gasteiger partial charge < -0.3 is 9.84 Å². The third-order valence-corrected chi connectivity index (χ3v) is 8.89. The van der Waals surface area contributed by atoms with E-state index in [0.29, 0.717) is 18.4 Å². The zero-order valence-electron chi connectivity index (χ0n) is 17.7. The number of aliphatic hydroxyl groups is 1. The van der Waals surface area contributed by atoms with Gasteiger partial charge in [-0.2, -0.15) is 0 Å². The van der Waals surface area contributed by atoms with Crippen LogP contribution >= 0.6 is 0 Å². The summed E-state index contributed by atoms with van der Waals surface area (Å²) in [6, 6.07) is 0. The van der Waals surface area contributed by atoms with Gasteiger partial charge in [0.05, 0.1) is 18.8 Å². The molecule has 4 fully saturated rings. The first-order valence-corrected chi connectivity index (χ1v) is 11.3. The number of esters is 1. The van der Waals surface area contributed by atoms with Crippen LogP contribution in [0.4, 0.5) is 0 Å². The highest BCUT2D eigenvalue weighted by molar-refractivity contribution is 5.91. The molecule has 4 nitrogen and oxygen atoms in total. The Hall–Kier alpha value is -1.34. The third-order valence-electron chi connectivity index (χ3n) is 8.89. The van der Waals surface area contributed by atoms with E-state index in [2.05, 4.69) is 11.8 Å². The van der Waals surface area contributed by atoms with E-state index in [1.54, 1.807) is 6.92 Å². The van der Waals surface area contributed by atoms with Gasteiger partial charge in [-0.1, -0.05) is 12.5 Å². The second-order valence-corrected chi connectivity index (χ2v) is 10.3. The lowest BCUT2D eigenvalue weighted by Gasteiger charge is -2.56. The molecule has 0 aromatic carbocycles. The van der Waals surface area contributed by atoms with E-state index in [0.717, 1.165) is 55.4 Å². The van der Waals surface area contributed by atoms with Crippen LogP contribution in [-0.2, 0) is 9.53 Å². The van der Waals surface area contributed by atoms with E-state index >= 15 is 0 Å². The van der Waals surface area contributed by atoms with Crippen molar-refractivity contribution in [3.63, 3.8) is 0 Å². The number of hydrogen-bond acceptors (Lipinski definition) is 3. The van der Waals surface area contributed by atoms with Crippen molar-refractivity contribution in [2.24, 2.45) is 35.0 Å². The Morgan fingerprint density at radius 2 is 1.89 bits per heavy atom. The molecule has 4 aliphatic rings. The molecule has 4 saturated carbocycles. The summed E-state index contributed by atoms with van der Waals surface area (Å²) >= 11 is 0. The Labute approximate surface area is 169 Å². The molecule has 7 atom stereocenters. The number of fused-ring (bicyclic) bond motifs is 5. The van der Waals surface area contributed by atoms with Crippen molar-refractivity contribution < 1.29 is 14.6 Å². The van der Waals surface area contributed by atoms with Gasteiger partial charge in [0, 0.05) is 0 Å². The maximum Gasteiger partial charge on any atom is 0.336 e. The first-order chi connectivity index (χ1) is 13.3. The van der Waals surface area contributed by atoms with Gasteiger partial charge in [-0.15, -0.1) is 0 Å². The lowest BCUT2D eigenvalue weighted by Crippen LogP contribution is -2.49. The number of nitrogens with zero attached hydrogens (tertiary/aromatic N) is 1. The topological polar surface area (TPSA) is 50.9 Å². The molecule has 0 radical (unpaired) electrons. The molecule has 154 valence electrons. The highest BCUT2D eigenvalue weighted by atomic mass is 16.5. The van der Waals surface area contributed by atoms with Crippen molar-refractivity contribution in [1.82, 2.24) is 0 Å². The van der Waals surface area contributed by atoms with Crippen LogP contribution in [0, 0.1) is 41.6 Å². The Balaban J connectivity index is 1.59. The van der Waals surface area contributed by atoms with Gasteiger partial charge in [0.2, 0.25) is 0 Å². The lowest BCUT2D eigenvalue weighted by molar-refractivity contribution is -0.138. The molecule has 4 heteroatoms. The van der Waals surface area contributed by atoms with E-state index in [4.69, 9.17) is 11.3 Å². The molecule has 0 heterocycles. The van der Waals surface area contributed by atoms with Gasteiger partial charge in [-0.3, -0.25) is 4.79 Å².